The molecule has 0 unspecified atom stereocenters. The molecule has 3 rings (SSSR count). The van der Waals surface area contributed by atoms with Crippen LogP contribution in [0.5, 0.6) is 5.88 Å². The van der Waals surface area contributed by atoms with E-state index < -0.39 is 0 Å². The second-order valence-corrected chi connectivity index (χ2v) is 6.01. The van der Waals surface area contributed by atoms with E-state index in [0.29, 0.717) is 35.5 Å². The first-order valence-electron chi connectivity index (χ1n) is 8.57. The topological polar surface area (TPSA) is 135 Å². The normalized spacial score (nSPS) is 10.6. The Balaban J connectivity index is 2.04. The molecule has 0 saturated heterocycles. The summed E-state index contributed by atoms with van der Waals surface area (Å²) in [5.41, 5.74) is 7.99. The first-order valence-corrected chi connectivity index (χ1v) is 8.57. The fourth-order valence-corrected chi connectivity index (χ4v) is 2.55. The molecule has 3 aromatic heterocycles. The highest BCUT2D eigenvalue weighted by atomic mass is 16.5. The number of hydrogen-bond acceptors (Lipinski definition) is 10. The average molecular weight is 382 g/mol. The van der Waals surface area contributed by atoms with E-state index in [0.717, 1.165) is 11.4 Å². The van der Waals surface area contributed by atoms with Gasteiger partial charge in [0.1, 0.15) is 11.6 Å². The van der Waals surface area contributed by atoms with Crippen LogP contribution in [0.3, 0.4) is 0 Å². The number of aryl methyl sites for hydroxylation is 1. The molecule has 28 heavy (non-hydrogen) atoms. The SMILES string of the molecule is COc1ccc(Nc2ncc(N(C)CCO)cc2-c2nc(C)nc(N)n2)cn1. The van der Waals surface area contributed by atoms with Crippen LogP contribution < -0.4 is 20.7 Å². The zero-order chi connectivity index (χ0) is 20.1. The van der Waals surface area contributed by atoms with Crippen LogP contribution in [-0.2, 0) is 0 Å². The third-order valence-electron chi connectivity index (χ3n) is 3.96. The highest BCUT2D eigenvalue weighted by molar-refractivity contribution is 5.77. The number of nitrogen functional groups attached to an aromatic ring is 1. The second kappa shape index (κ2) is 8.44. The summed E-state index contributed by atoms with van der Waals surface area (Å²) in [6.45, 7) is 2.24. The molecule has 0 bridgehead atoms. The van der Waals surface area contributed by atoms with Gasteiger partial charge in [0.2, 0.25) is 11.8 Å². The van der Waals surface area contributed by atoms with Gasteiger partial charge in [-0.05, 0) is 19.1 Å². The summed E-state index contributed by atoms with van der Waals surface area (Å²) in [4.78, 5) is 23.3. The van der Waals surface area contributed by atoms with Gasteiger partial charge in [-0.3, -0.25) is 0 Å². The number of nitrogens with zero attached hydrogens (tertiary/aromatic N) is 6. The van der Waals surface area contributed by atoms with E-state index >= 15 is 0 Å². The van der Waals surface area contributed by atoms with E-state index in [1.54, 1.807) is 32.5 Å². The molecule has 3 heterocycles. The molecule has 0 aliphatic heterocycles. The average Bonchev–Trinajstić information content (AvgIpc) is 2.68. The first kappa shape index (κ1) is 19.2. The third kappa shape index (κ3) is 4.41. The van der Waals surface area contributed by atoms with Crippen LogP contribution in [-0.4, -0.2) is 57.3 Å². The van der Waals surface area contributed by atoms with Crippen molar-refractivity contribution in [3.63, 3.8) is 0 Å². The fraction of sp³-hybridized carbons (Fsp3) is 0.278. The van der Waals surface area contributed by atoms with Crippen molar-refractivity contribution in [2.75, 3.05) is 43.3 Å². The minimum absolute atomic E-state index is 0.0289. The largest absolute Gasteiger partial charge is 0.481 e. The number of ether oxygens (including phenoxy) is 1. The van der Waals surface area contributed by atoms with E-state index in [4.69, 9.17) is 10.5 Å². The van der Waals surface area contributed by atoms with Crippen LogP contribution in [0, 0.1) is 6.92 Å². The second-order valence-electron chi connectivity index (χ2n) is 6.01. The molecule has 3 aromatic rings. The van der Waals surface area contributed by atoms with Crippen molar-refractivity contribution in [2.45, 2.75) is 6.92 Å². The molecule has 10 heteroatoms. The van der Waals surface area contributed by atoms with E-state index in [-0.39, 0.29) is 12.6 Å². The van der Waals surface area contributed by atoms with Gasteiger partial charge in [0.25, 0.3) is 0 Å². The minimum Gasteiger partial charge on any atom is -0.481 e. The Labute approximate surface area is 162 Å². The van der Waals surface area contributed by atoms with Gasteiger partial charge < -0.3 is 25.8 Å². The number of methoxy groups -OCH3 is 1. The lowest BCUT2D eigenvalue weighted by Crippen LogP contribution is -2.21. The third-order valence-corrected chi connectivity index (χ3v) is 3.96. The van der Waals surface area contributed by atoms with Crippen molar-refractivity contribution < 1.29 is 9.84 Å². The maximum absolute atomic E-state index is 9.21. The molecular weight excluding hydrogens is 360 g/mol. The number of aliphatic hydroxyl groups excluding tert-OH is 1. The molecular formula is C18H22N8O2. The number of aromatic nitrogens is 5. The summed E-state index contributed by atoms with van der Waals surface area (Å²) in [6.07, 6.45) is 3.35. The maximum Gasteiger partial charge on any atom is 0.223 e. The fourth-order valence-electron chi connectivity index (χ4n) is 2.55. The Morgan fingerprint density at radius 3 is 2.64 bits per heavy atom. The highest BCUT2D eigenvalue weighted by Gasteiger charge is 2.15. The molecule has 0 aliphatic carbocycles. The van der Waals surface area contributed by atoms with Gasteiger partial charge in [0, 0.05) is 19.7 Å². The van der Waals surface area contributed by atoms with Crippen molar-refractivity contribution in [2.24, 2.45) is 0 Å². The van der Waals surface area contributed by atoms with Crippen molar-refractivity contribution in [3.8, 4) is 17.3 Å². The number of hydrogen-bond donors (Lipinski definition) is 3. The summed E-state index contributed by atoms with van der Waals surface area (Å²) in [7, 11) is 3.43. The Morgan fingerprint density at radius 1 is 1.18 bits per heavy atom. The first-order chi connectivity index (χ1) is 13.5. The standard InChI is InChI=1S/C18H22N8O2/c1-11-22-17(25-18(19)23-11)14-8-13(26(2)6-7-27)10-21-16(14)24-12-4-5-15(28-3)20-9-12/h4-5,8-10,27H,6-7H2,1-3H3,(H,21,24)(H2,19,22,23,25). The molecule has 0 fully saturated rings. The van der Waals surface area contributed by atoms with E-state index in [1.165, 1.54) is 0 Å². The number of nitrogens with two attached hydrogens (primary N) is 1. The van der Waals surface area contributed by atoms with Crippen molar-refractivity contribution in [3.05, 3.63) is 36.4 Å². The Kier molecular flexibility index (Phi) is 5.80. The molecule has 10 nitrogen and oxygen atoms in total. The van der Waals surface area contributed by atoms with Gasteiger partial charge in [-0.2, -0.15) is 9.97 Å². The summed E-state index contributed by atoms with van der Waals surface area (Å²) in [5.74, 6) is 2.10. The lowest BCUT2D eigenvalue weighted by molar-refractivity contribution is 0.304. The molecule has 0 amide bonds. The van der Waals surface area contributed by atoms with Gasteiger partial charge in [0.05, 0.1) is 43.0 Å². The zero-order valence-corrected chi connectivity index (χ0v) is 15.9. The number of rotatable bonds is 7. The van der Waals surface area contributed by atoms with Gasteiger partial charge >= 0.3 is 0 Å². The lowest BCUT2D eigenvalue weighted by atomic mass is 10.2. The van der Waals surface area contributed by atoms with Gasteiger partial charge in [0.15, 0.2) is 5.82 Å². The molecule has 0 aromatic carbocycles. The molecule has 0 atom stereocenters. The van der Waals surface area contributed by atoms with Crippen LogP contribution >= 0.6 is 0 Å². The number of nitrogens with one attached hydrogen (secondary N) is 1. The van der Waals surface area contributed by atoms with E-state index in [1.807, 2.05) is 24.1 Å². The zero-order valence-electron chi connectivity index (χ0n) is 15.9. The summed E-state index contributed by atoms with van der Waals surface area (Å²) >= 11 is 0. The summed E-state index contributed by atoms with van der Waals surface area (Å²) in [5, 5.41) is 12.4. The van der Waals surface area contributed by atoms with Crippen LogP contribution in [0.4, 0.5) is 23.1 Å². The molecule has 4 N–H and O–H groups in total. The van der Waals surface area contributed by atoms with Gasteiger partial charge in [-0.15, -0.1) is 0 Å². The Hall–Kier alpha value is -3.53. The molecule has 0 aliphatic rings. The minimum atomic E-state index is 0.0289. The predicted molar refractivity (Wildman–Crippen MR) is 107 cm³/mol. The number of anilines is 4. The summed E-state index contributed by atoms with van der Waals surface area (Å²) in [6, 6.07) is 5.46. The van der Waals surface area contributed by atoms with E-state index in [2.05, 4.69) is 30.2 Å². The number of pyridine rings is 2. The van der Waals surface area contributed by atoms with Crippen LogP contribution in [0.15, 0.2) is 30.6 Å². The number of aliphatic hydroxyl groups is 1. The predicted octanol–water partition coefficient (Wildman–Crippen LogP) is 1.40. The van der Waals surface area contributed by atoms with Crippen LogP contribution in [0.25, 0.3) is 11.4 Å². The molecule has 0 saturated carbocycles. The molecule has 0 radical (unpaired) electrons. The Morgan fingerprint density at radius 2 is 2.00 bits per heavy atom. The van der Waals surface area contributed by atoms with Gasteiger partial charge in [-0.1, -0.05) is 0 Å². The van der Waals surface area contributed by atoms with Crippen molar-refractivity contribution >= 4 is 23.1 Å². The molecule has 146 valence electrons. The lowest BCUT2D eigenvalue weighted by Gasteiger charge is -2.19. The monoisotopic (exact) mass is 382 g/mol. The Bertz CT molecular complexity index is 929. The van der Waals surface area contributed by atoms with Crippen molar-refractivity contribution in [1.82, 2.24) is 24.9 Å². The van der Waals surface area contributed by atoms with E-state index in [9.17, 15) is 5.11 Å². The van der Waals surface area contributed by atoms with Crippen LogP contribution in [0.2, 0.25) is 0 Å². The number of likely N-dealkylation sites (N-methyl/N-ethyl adjacent to an activating group) is 1. The summed E-state index contributed by atoms with van der Waals surface area (Å²) < 4.78 is 5.08. The van der Waals surface area contributed by atoms with Crippen LogP contribution in [0.1, 0.15) is 5.82 Å². The smallest absolute Gasteiger partial charge is 0.223 e. The highest BCUT2D eigenvalue weighted by Crippen LogP contribution is 2.30. The quantitative estimate of drug-likeness (QED) is 0.550. The molecule has 0 spiro atoms. The maximum atomic E-state index is 9.21. The van der Waals surface area contributed by atoms with Gasteiger partial charge in [-0.25, -0.2) is 15.0 Å². The van der Waals surface area contributed by atoms with Crippen molar-refractivity contribution in [1.29, 1.82) is 0 Å².